The fraction of sp³-hybridized carbons (Fsp3) is 0.412. The van der Waals surface area contributed by atoms with E-state index in [1.807, 2.05) is 0 Å². The molecule has 2 nitrogen and oxygen atoms in total. The molecule has 108 valence electrons. The van der Waals surface area contributed by atoms with Crippen LogP contribution in [0, 0.1) is 0 Å². The molecule has 20 heavy (non-hydrogen) atoms. The summed E-state index contributed by atoms with van der Waals surface area (Å²) in [6.07, 6.45) is 4.08. The van der Waals surface area contributed by atoms with Crippen molar-refractivity contribution < 1.29 is 4.74 Å². The van der Waals surface area contributed by atoms with Crippen LogP contribution in [-0.2, 0) is 0 Å². The molecule has 2 aromatic rings. The highest BCUT2D eigenvalue weighted by Gasteiger charge is 2.09. The van der Waals surface area contributed by atoms with Crippen LogP contribution in [0.3, 0.4) is 0 Å². The Balaban J connectivity index is 0.00000147. The molecule has 1 fully saturated rings. The van der Waals surface area contributed by atoms with Gasteiger partial charge < -0.3 is 4.74 Å². The number of halogens is 1. The molecule has 3 heteroatoms. The Labute approximate surface area is 127 Å². The second kappa shape index (κ2) is 7.51. The number of hydrogen-bond acceptors (Lipinski definition) is 2. The number of ether oxygens (including phenoxy) is 1. The summed E-state index contributed by atoms with van der Waals surface area (Å²) in [6, 6.07) is 14.7. The van der Waals surface area contributed by atoms with E-state index in [4.69, 9.17) is 4.74 Å². The van der Waals surface area contributed by atoms with Crippen molar-refractivity contribution >= 4 is 23.2 Å². The van der Waals surface area contributed by atoms with Gasteiger partial charge >= 0.3 is 0 Å². The Morgan fingerprint density at radius 2 is 1.65 bits per heavy atom. The van der Waals surface area contributed by atoms with E-state index in [0.29, 0.717) is 0 Å². The van der Waals surface area contributed by atoms with E-state index in [9.17, 15) is 0 Å². The van der Waals surface area contributed by atoms with Crippen molar-refractivity contribution in [3.63, 3.8) is 0 Å². The predicted molar refractivity (Wildman–Crippen MR) is 87.0 cm³/mol. The third-order valence-corrected chi connectivity index (χ3v) is 3.85. The minimum absolute atomic E-state index is 0. The summed E-state index contributed by atoms with van der Waals surface area (Å²) in [4.78, 5) is 2.50. The first kappa shape index (κ1) is 15.1. The largest absolute Gasteiger partial charge is 0.492 e. The van der Waals surface area contributed by atoms with Crippen LogP contribution in [0.1, 0.15) is 19.3 Å². The minimum Gasteiger partial charge on any atom is -0.492 e. The van der Waals surface area contributed by atoms with Crippen molar-refractivity contribution in [2.45, 2.75) is 19.3 Å². The van der Waals surface area contributed by atoms with Crippen molar-refractivity contribution in [2.24, 2.45) is 0 Å². The van der Waals surface area contributed by atoms with Crippen LogP contribution < -0.4 is 4.74 Å². The Morgan fingerprint density at radius 3 is 2.45 bits per heavy atom. The van der Waals surface area contributed by atoms with Gasteiger partial charge in [-0.2, -0.15) is 0 Å². The molecule has 1 heterocycles. The summed E-state index contributed by atoms with van der Waals surface area (Å²) in [5.74, 6) is 0.982. The Morgan fingerprint density at radius 1 is 0.900 bits per heavy atom. The summed E-state index contributed by atoms with van der Waals surface area (Å²) in [6.45, 7) is 4.31. The molecule has 0 atom stereocenters. The number of hydrogen-bond donors (Lipinski definition) is 0. The van der Waals surface area contributed by atoms with E-state index >= 15 is 0 Å². The maximum atomic E-state index is 5.88. The normalized spacial score (nSPS) is 15.8. The third-order valence-electron chi connectivity index (χ3n) is 3.85. The molecule has 0 amide bonds. The first-order valence-corrected chi connectivity index (χ1v) is 7.26. The van der Waals surface area contributed by atoms with Crippen molar-refractivity contribution in [3.8, 4) is 5.75 Å². The molecule has 1 saturated heterocycles. The SMILES string of the molecule is Cl.c1ccc2cc(OCCN3CCCCC3)ccc2c1. The highest BCUT2D eigenvalue weighted by atomic mass is 35.5. The molecule has 0 saturated carbocycles. The molecule has 1 aliphatic heterocycles. The van der Waals surface area contributed by atoms with Crippen LogP contribution in [-0.4, -0.2) is 31.1 Å². The average Bonchev–Trinajstić information content (AvgIpc) is 2.48. The smallest absolute Gasteiger partial charge is 0.120 e. The van der Waals surface area contributed by atoms with E-state index in [1.165, 1.54) is 43.1 Å². The van der Waals surface area contributed by atoms with Crippen molar-refractivity contribution in [1.82, 2.24) is 4.90 Å². The van der Waals surface area contributed by atoms with Crippen molar-refractivity contribution in [2.75, 3.05) is 26.2 Å². The van der Waals surface area contributed by atoms with Gasteiger partial charge in [0, 0.05) is 6.54 Å². The summed E-state index contributed by atoms with van der Waals surface area (Å²) in [5, 5.41) is 2.52. The fourth-order valence-corrected chi connectivity index (χ4v) is 2.73. The van der Waals surface area contributed by atoms with E-state index in [-0.39, 0.29) is 12.4 Å². The van der Waals surface area contributed by atoms with Gasteiger partial charge in [-0.05, 0) is 48.8 Å². The van der Waals surface area contributed by atoms with Crippen LogP contribution in [0.15, 0.2) is 42.5 Å². The molecular formula is C17H22ClNO. The molecule has 0 aliphatic carbocycles. The van der Waals surface area contributed by atoms with Crippen LogP contribution in [0.4, 0.5) is 0 Å². The molecule has 1 aliphatic rings. The van der Waals surface area contributed by atoms with Crippen molar-refractivity contribution in [3.05, 3.63) is 42.5 Å². The highest BCUT2D eigenvalue weighted by Crippen LogP contribution is 2.20. The second-order valence-electron chi connectivity index (χ2n) is 5.26. The van der Waals surface area contributed by atoms with Gasteiger partial charge in [-0.3, -0.25) is 4.90 Å². The predicted octanol–water partition coefficient (Wildman–Crippen LogP) is 4.13. The van der Waals surface area contributed by atoms with E-state index in [2.05, 4.69) is 47.4 Å². The standard InChI is InChI=1S/C17H21NO.ClH/c1-4-10-18(11-5-1)12-13-19-17-9-8-15-6-2-3-7-16(15)14-17;/h2-3,6-9,14H,1,4-5,10-13H2;1H. The molecule has 0 aromatic heterocycles. The lowest BCUT2D eigenvalue weighted by molar-refractivity contribution is 0.183. The average molecular weight is 292 g/mol. The van der Waals surface area contributed by atoms with Gasteiger partial charge in [0.05, 0.1) is 0 Å². The van der Waals surface area contributed by atoms with Gasteiger partial charge in [0.1, 0.15) is 12.4 Å². The summed E-state index contributed by atoms with van der Waals surface area (Å²) in [5.41, 5.74) is 0. The topological polar surface area (TPSA) is 12.5 Å². The summed E-state index contributed by atoms with van der Waals surface area (Å²) >= 11 is 0. The number of fused-ring (bicyclic) bond motifs is 1. The maximum absolute atomic E-state index is 5.88. The van der Waals surface area contributed by atoms with Gasteiger partial charge in [-0.25, -0.2) is 0 Å². The van der Waals surface area contributed by atoms with Gasteiger partial charge in [0.2, 0.25) is 0 Å². The first-order valence-electron chi connectivity index (χ1n) is 7.26. The Kier molecular flexibility index (Phi) is 5.69. The van der Waals surface area contributed by atoms with Crippen LogP contribution >= 0.6 is 12.4 Å². The van der Waals surface area contributed by atoms with Crippen LogP contribution in [0.25, 0.3) is 10.8 Å². The zero-order valence-electron chi connectivity index (χ0n) is 11.8. The molecule has 3 rings (SSSR count). The number of rotatable bonds is 4. The first-order chi connectivity index (χ1) is 9.42. The monoisotopic (exact) mass is 291 g/mol. The zero-order valence-corrected chi connectivity index (χ0v) is 12.6. The van der Waals surface area contributed by atoms with Gasteiger partial charge in [-0.1, -0.05) is 36.8 Å². The summed E-state index contributed by atoms with van der Waals surface area (Å²) in [7, 11) is 0. The molecule has 0 N–H and O–H groups in total. The molecule has 0 spiro atoms. The van der Waals surface area contributed by atoms with E-state index < -0.39 is 0 Å². The number of likely N-dealkylation sites (tertiary alicyclic amines) is 1. The third kappa shape index (κ3) is 3.87. The zero-order chi connectivity index (χ0) is 12.9. The van der Waals surface area contributed by atoms with Crippen molar-refractivity contribution in [1.29, 1.82) is 0 Å². The molecular weight excluding hydrogens is 270 g/mol. The molecule has 0 radical (unpaired) electrons. The van der Waals surface area contributed by atoms with Gasteiger partial charge in [-0.15, -0.1) is 12.4 Å². The summed E-state index contributed by atoms with van der Waals surface area (Å²) < 4.78 is 5.88. The Bertz CT molecular complexity index is 537. The van der Waals surface area contributed by atoms with E-state index in [0.717, 1.165) is 18.9 Å². The van der Waals surface area contributed by atoms with Crippen LogP contribution in [0.5, 0.6) is 5.75 Å². The lowest BCUT2D eigenvalue weighted by Crippen LogP contribution is -2.33. The fourth-order valence-electron chi connectivity index (χ4n) is 2.73. The van der Waals surface area contributed by atoms with Gasteiger partial charge in [0.25, 0.3) is 0 Å². The number of nitrogens with zero attached hydrogens (tertiary/aromatic N) is 1. The molecule has 0 bridgehead atoms. The van der Waals surface area contributed by atoms with E-state index in [1.54, 1.807) is 0 Å². The maximum Gasteiger partial charge on any atom is 0.120 e. The lowest BCUT2D eigenvalue weighted by atomic mass is 10.1. The number of benzene rings is 2. The quantitative estimate of drug-likeness (QED) is 0.840. The number of piperidine rings is 1. The highest BCUT2D eigenvalue weighted by molar-refractivity contribution is 5.85. The lowest BCUT2D eigenvalue weighted by Gasteiger charge is -2.26. The second-order valence-corrected chi connectivity index (χ2v) is 5.26. The Hall–Kier alpha value is -1.25. The minimum atomic E-state index is 0. The molecule has 0 unspecified atom stereocenters. The molecule has 2 aromatic carbocycles. The van der Waals surface area contributed by atoms with Gasteiger partial charge in [0.15, 0.2) is 0 Å². The van der Waals surface area contributed by atoms with Crippen LogP contribution in [0.2, 0.25) is 0 Å².